The summed E-state index contributed by atoms with van der Waals surface area (Å²) in [6.07, 6.45) is -0.183. The SMILES string of the molecule is CC1=C(C(=O)OC(C)C)C(c2cccc(C)c2)n2c(nc3ccccc32)N1. The van der Waals surface area contributed by atoms with E-state index >= 15 is 0 Å². The van der Waals surface area contributed by atoms with Gasteiger partial charge in [-0.1, -0.05) is 42.0 Å². The fourth-order valence-corrected chi connectivity index (χ4v) is 3.66. The Morgan fingerprint density at radius 1 is 1.15 bits per heavy atom. The average Bonchev–Trinajstić information content (AvgIpc) is 2.97. The molecule has 0 amide bonds. The fourth-order valence-electron chi connectivity index (χ4n) is 3.66. The van der Waals surface area contributed by atoms with Crippen LogP contribution in [0.25, 0.3) is 11.0 Å². The molecule has 0 bridgehead atoms. The summed E-state index contributed by atoms with van der Waals surface area (Å²) in [6.45, 7) is 7.69. The van der Waals surface area contributed by atoms with Crippen LogP contribution in [0.15, 0.2) is 59.8 Å². The van der Waals surface area contributed by atoms with E-state index in [1.807, 2.05) is 51.1 Å². The van der Waals surface area contributed by atoms with Crippen molar-refractivity contribution >= 4 is 23.0 Å². The minimum atomic E-state index is -0.301. The van der Waals surface area contributed by atoms with Crippen LogP contribution < -0.4 is 5.32 Å². The highest BCUT2D eigenvalue weighted by Crippen LogP contribution is 2.39. The van der Waals surface area contributed by atoms with E-state index in [4.69, 9.17) is 9.72 Å². The molecule has 1 aliphatic heterocycles. The number of esters is 1. The minimum Gasteiger partial charge on any atom is -0.459 e. The van der Waals surface area contributed by atoms with E-state index in [0.717, 1.165) is 33.8 Å². The van der Waals surface area contributed by atoms with Gasteiger partial charge in [0.1, 0.15) is 0 Å². The molecule has 1 atom stereocenters. The van der Waals surface area contributed by atoms with E-state index in [-0.39, 0.29) is 18.1 Å². The number of benzene rings is 2. The summed E-state index contributed by atoms with van der Waals surface area (Å²) in [6, 6.07) is 15.9. The Labute approximate surface area is 158 Å². The molecule has 0 fully saturated rings. The molecule has 138 valence electrons. The number of anilines is 1. The molecular weight excluding hydrogens is 338 g/mol. The van der Waals surface area contributed by atoms with E-state index in [1.165, 1.54) is 0 Å². The summed E-state index contributed by atoms with van der Waals surface area (Å²) < 4.78 is 7.67. The van der Waals surface area contributed by atoms with Gasteiger partial charge in [0.25, 0.3) is 0 Å². The van der Waals surface area contributed by atoms with Crippen LogP contribution >= 0.6 is 0 Å². The summed E-state index contributed by atoms with van der Waals surface area (Å²) in [5.41, 5.74) is 5.44. The maximum absolute atomic E-state index is 13.0. The highest BCUT2D eigenvalue weighted by Gasteiger charge is 2.35. The van der Waals surface area contributed by atoms with Gasteiger partial charge in [0.2, 0.25) is 5.95 Å². The first-order chi connectivity index (χ1) is 13.0. The molecule has 0 spiro atoms. The van der Waals surface area contributed by atoms with Crippen LogP contribution in [0.3, 0.4) is 0 Å². The maximum atomic E-state index is 13.0. The summed E-state index contributed by atoms with van der Waals surface area (Å²) in [7, 11) is 0. The number of aryl methyl sites for hydroxylation is 1. The highest BCUT2D eigenvalue weighted by atomic mass is 16.5. The molecule has 0 saturated carbocycles. The lowest BCUT2D eigenvalue weighted by Crippen LogP contribution is -2.30. The lowest BCUT2D eigenvalue weighted by Gasteiger charge is -2.30. The molecule has 2 aromatic carbocycles. The Morgan fingerprint density at radius 2 is 1.93 bits per heavy atom. The van der Waals surface area contributed by atoms with Crippen LogP contribution in [0.5, 0.6) is 0 Å². The van der Waals surface area contributed by atoms with E-state index in [1.54, 1.807) is 0 Å². The van der Waals surface area contributed by atoms with Gasteiger partial charge in [0, 0.05) is 5.70 Å². The molecule has 2 heterocycles. The standard InChI is InChI=1S/C22H23N3O2/c1-13(2)27-21(26)19-15(4)23-22-24-17-10-5-6-11-18(17)25(22)20(19)16-9-7-8-14(3)12-16/h5-13,20H,1-4H3,(H,23,24). The number of carbonyl (C=O) groups excluding carboxylic acids is 1. The van der Waals surface area contributed by atoms with Gasteiger partial charge in [-0.25, -0.2) is 9.78 Å². The minimum absolute atomic E-state index is 0.183. The van der Waals surface area contributed by atoms with Gasteiger partial charge in [-0.3, -0.25) is 4.57 Å². The van der Waals surface area contributed by atoms with Crippen molar-refractivity contribution in [2.45, 2.75) is 39.8 Å². The van der Waals surface area contributed by atoms with Gasteiger partial charge in [-0.05, 0) is 45.4 Å². The lowest BCUT2D eigenvalue weighted by molar-refractivity contribution is -0.143. The monoisotopic (exact) mass is 361 g/mol. The molecule has 0 radical (unpaired) electrons. The van der Waals surface area contributed by atoms with Crippen molar-refractivity contribution in [1.29, 1.82) is 0 Å². The molecule has 1 aliphatic rings. The Bertz CT molecular complexity index is 1060. The number of ether oxygens (including phenoxy) is 1. The number of carbonyl (C=O) groups is 1. The van der Waals surface area contributed by atoms with Crippen LogP contribution in [0, 0.1) is 6.92 Å². The average molecular weight is 361 g/mol. The van der Waals surface area contributed by atoms with Gasteiger partial charge in [0.15, 0.2) is 0 Å². The van der Waals surface area contributed by atoms with Gasteiger partial charge < -0.3 is 10.1 Å². The number of hydrogen-bond donors (Lipinski definition) is 1. The van der Waals surface area contributed by atoms with Crippen LogP contribution in [0.2, 0.25) is 0 Å². The normalized spacial score (nSPS) is 16.4. The molecule has 1 N–H and O–H groups in total. The van der Waals surface area contributed by atoms with Crippen molar-refractivity contribution in [3.63, 3.8) is 0 Å². The van der Waals surface area contributed by atoms with Gasteiger partial charge in [-0.15, -0.1) is 0 Å². The molecule has 27 heavy (non-hydrogen) atoms. The molecule has 4 rings (SSSR count). The van der Waals surface area contributed by atoms with Gasteiger partial charge >= 0.3 is 5.97 Å². The third kappa shape index (κ3) is 2.99. The van der Waals surface area contributed by atoms with Crippen molar-refractivity contribution in [1.82, 2.24) is 9.55 Å². The summed E-state index contributed by atoms with van der Waals surface area (Å²) in [5.74, 6) is 0.436. The largest absolute Gasteiger partial charge is 0.459 e. The molecule has 1 unspecified atom stereocenters. The first kappa shape index (κ1) is 17.3. The Kier molecular flexibility index (Phi) is 4.22. The second kappa shape index (κ2) is 6.58. The third-order valence-corrected chi connectivity index (χ3v) is 4.75. The molecule has 3 aromatic rings. The Balaban J connectivity index is 1.97. The number of rotatable bonds is 3. The number of nitrogens with one attached hydrogen (secondary N) is 1. The van der Waals surface area contributed by atoms with Crippen molar-refractivity contribution in [2.75, 3.05) is 5.32 Å². The second-order valence-corrected chi connectivity index (χ2v) is 7.23. The van der Waals surface area contributed by atoms with Gasteiger partial charge in [0.05, 0.1) is 28.8 Å². The molecule has 5 nitrogen and oxygen atoms in total. The Morgan fingerprint density at radius 3 is 2.67 bits per heavy atom. The lowest BCUT2D eigenvalue weighted by atomic mass is 9.94. The van der Waals surface area contributed by atoms with Crippen LogP contribution in [-0.2, 0) is 9.53 Å². The molecule has 0 saturated heterocycles. The van der Waals surface area contributed by atoms with Crippen molar-refractivity contribution in [3.8, 4) is 0 Å². The number of hydrogen-bond acceptors (Lipinski definition) is 4. The number of para-hydroxylation sites is 2. The number of aromatic nitrogens is 2. The topological polar surface area (TPSA) is 56.2 Å². The first-order valence-electron chi connectivity index (χ1n) is 9.18. The summed E-state index contributed by atoms with van der Waals surface area (Å²) in [4.78, 5) is 17.7. The quantitative estimate of drug-likeness (QED) is 0.694. The van der Waals surface area contributed by atoms with E-state index in [9.17, 15) is 4.79 Å². The van der Waals surface area contributed by atoms with E-state index in [0.29, 0.717) is 5.57 Å². The Hall–Kier alpha value is -3.08. The van der Waals surface area contributed by atoms with E-state index in [2.05, 4.69) is 35.0 Å². The van der Waals surface area contributed by atoms with Crippen molar-refractivity contribution in [3.05, 3.63) is 70.9 Å². The highest BCUT2D eigenvalue weighted by molar-refractivity contribution is 5.94. The van der Waals surface area contributed by atoms with Crippen LogP contribution in [0.4, 0.5) is 5.95 Å². The zero-order valence-corrected chi connectivity index (χ0v) is 16.0. The van der Waals surface area contributed by atoms with Crippen LogP contribution in [-0.4, -0.2) is 21.6 Å². The van der Waals surface area contributed by atoms with E-state index < -0.39 is 0 Å². The zero-order valence-electron chi connectivity index (χ0n) is 16.0. The predicted molar refractivity (Wildman–Crippen MR) is 107 cm³/mol. The zero-order chi connectivity index (χ0) is 19.1. The number of imidazole rings is 1. The van der Waals surface area contributed by atoms with Crippen molar-refractivity contribution < 1.29 is 9.53 Å². The first-order valence-corrected chi connectivity index (χ1v) is 9.18. The second-order valence-electron chi connectivity index (χ2n) is 7.23. The molecule has 0 aliphatic carbocycles. The third-order valence-electron chi connectivity index (χ3n) is 4.75. The predicted octanol–water partition coefficient (Wildman–Crippen LogP) is 4.59. The summed E-state index contributed by atoms with van der Waals surface area (Å²) >= 11 is 0. The summed E-state index contributed by atoms with van der Waals surface area (Å²) in [5, 5.41) is 3.30. The molecule has 1 aromatic heterocycles. The molecule has 5 heteroatoms. The smallest absolute Gasteiger partial charge is 0.338 e. The maximum Gasteiger partial charge on any atom is 0.338 e. The number of fused-ring (bicyclic) bond motifs is 3. The number of nitrogens with zero attached hydrogens (tertiary/aromatic N) is 2. The van der Waals surface area contributed by atoms with Crippen LogP contribution in [0.1, 0.15) is 37.9 Å². The van der Waals surface area contributed by atoms with Crippen molar-refractivity contribution in [2.24, 2.45) is 0 Å². The number of allylic oxidation sites excluding steroid dienone is 1. The molecular formula is C22H23N3O2. The fraction of sp³-hybridized carbons (Fsp3) is 0.273. The van der Waals surface area contributed by atoms with Gasteiger partial charge in [-0.2, -0.15) is 0 Å².